The smallest absolute Gasteiger partial charge is 0.258 e. The summed E-state index contributed by atoms with van der Waals surface area (Å²) in [5.74, 6) is 0.0687. The van der Waals surface area contributed by atoms with Gasteiger partial charge in [0.1, 0.15) is 5.75 Å². The number of pyridine rings is 1. The van der Waals surface area contributed by atoms with Crippen molar-refractivity contribution in [3.63, 3.8) is 0 Å². The molecule has 0 radical (unpaired) electrons. The molecule has 0 aliphatic heterocycles. The first kappa shape index (κ1) is 19.3. The summed E-state index contributed by atoms with van der Waals surface area (Å²) in [6.45, 7) is 0. The quantitative estimate of drug-likeness (QED) is 0.566. The number of carbonyl (C=O) groups excluding carboxylic acids is 2. The van der Waals surface area contributed by atoms with E-state index in [1.54, 1.807) is 24.6 Å². The van der Waals surface area contributed by atoms with Gasteiger partial charge in [-0.2, -0.15) is 0 Å². The van der Waals surface area contributed by atoms with E-state index in [2.05, 4.69) is 20.6 Å². The van der Waals surface area contributed by atoms with E-state index in [4.69, 9.17) is 4.74 Å². The van der Waals surface area contributed by atoms with Gasteiger partial charge in [-0.15, -0.1) is 11.3 Å². The van der Waals surface area contributed by atoms with Gasteiger partial charge in [0, 0.05) is 24.1 Å². The van der Waals surface area contributed by atoms with Crippen molar-refractivity contribution in [1.29, 1.82) is 0 Å². The van der Waals surface area contributed by atoms with E-state index in [1.165, 1.54) is 29.7 Å². The second kappa shape index (κ2) is 8.96. The van der Waals surface area contributed by atoms with Crippen LogP contribution in [0.3, 0.4) is 0 Å². The average molecular weight is 398 g/mol. The third kappa shape index (κ3) is 5.04. The Kier molecular flexibility index (Phi) is 6.18. The van der Waals surface area contributed by atoms with Crippen LogP contribution < -0.4 is 20.9 Å². The van der Waals surface area contributed by atoms with Gasteiger partial charge in [0.25, 0.3) is 5.91 Å². The minimum atomic E-state index is -0.369. The van der Waals surface area contributed by atoms with Gasteiger partial charge in [-0.3, -0.25) is 19.7 Å². The molecule has 0 saturated heterocycles. The number of ether oxygens (including phenoxy) is 1. The zero-order valence-corrected chi connectivity index (χ0v) is 15.8. The van der Waals surface area contributed by atoms with E-state index >= 15 is 0 Å². The zero-order chi connectivity index (χ0) is 19.9. The zero-order valence-electron chi connectivity index (χ0n) is 15.0. The maximum absolute atomic E-state index is 12.2. The van der Waals surface area contributed by atoms with Crippen molar-refractivity contribution in [2.45, 2.75) is 12.8 Å². The lowest BCUT2D eigenvalue weighted by molar-refractivity contribution is -0.116. The molecule has 0 aliphatic rings. The Labute approximate surface area is 164 Å². The molecule has 2 aromatic heterocycles. The number of hydrogen-bond acceptors (Lipinski definition) is 6. The molecule has 2 heterocycles. The molecule has 9 heteroatoms. The summed E-state index contributed by atoms with van der Waals surface area (Å²) < 4.78 is 5.21. The Morgan fingerprint density at radius 3 is 2.75 bits per heavy atom. The number of H-pyrrole nitrogens is 1. The van der Waals surface area contributed by atoms with Crippen LogP contribution in [0.15, 0.2) is 52.8 Å². The largest absolute Gasteiger partial charge is 0.495 e. The fraction of sp³-hybridized carbons (Fsp3) is 0.158. The number of aromatic nitrogens is 2. The minimum Gasteiger partial charge on any atom is -0.495 e. The molecule has 144 valence electrons. The van der Waals surface area contributed by atoms with Crippen LogP contribution in [-0.2, 0) is 11.2 Å². The lowest BCUT2D eigenvalue weighted by atomic mass is 10.2. The molecule has 0 spiro atoms. The molecule has 0 atom stereocenters. The minimum absolute atomic E-state index is 0.156. The number of nitrogens with zero attached hydrogens (tertiary/aromatic N) is 1. The Balaban J connectivity index is 1.53. The number of para-hydroxylation sites is 2. The van der Waals surface area contributed by atoms with Crippen molar-refractivity contribution in [1.82, 2.24) is 9.97 Å². The molecule has 3 aromatic rings. The van der Waals surface area contributed by atoms with Crippen LogP contribution in [0.2, 0.25) is 0 Å². The summed E-state index contributed by atoms with van der Waals surface area (Å²) in [6.07, 6.45) is 2.02. The summed E-state index contributed by atoms with van der Waals surface area (Å²) in [7, 11) is 1.54. The molecule has 0 bridgehead atoms. The van der Waals surface area contributed by atoms with Crippen LogP contribution in [0.4, 0.5) is 10.8 Å². The molecule has 8 nitrogen and oxygen atoms in total. The maximum atomic E-state index is 12.2. The van der Waals surface area contributed by atoms with E-state index in [-0.39, 0.29) is 23.8 Å². The number of aryl methyl sites for hydroxylation is 1. The number of rotatable bonds is 7. The number of methoxy groups -OCH3 is 1. The number of hydrogen-bond donors (Lipinski definition) is 3. The highest BCUT2D eigenvalue weighted by Crippen LogP contribution is 2.23. The maximum Gasteiger partial charge on any atom is 0.258 e. The lowest BCUT2D eigenvalue weighted by Crippen LogP contribution is -2.14. The van der Waals surface area contributed by atoms with E-state index in [0.29, 0.717) is 34.2 Å². The van der Waals surface area contributed by atoms with Gasteiger partial charge < -0.3 is 15.0 Å². The second-order valence-electron chi connectivity index (χ2n) is 5.79. The SMILES string of the molecule is COc1ccccc1NC(=O)CCc1csc(NC(=O)c2ccc(=O)[nH]c2)n1. The van der Waals surface area contributed by atoms with Crippen molar-refractivity contribution in [2.24, 2.45) is 0 Å². The number of benzene rings is 1. The number of thiazole rings is 1. The van der Waals surface area contributed by atoms with Gasteiger partial charge in [0.2, 0.25) is 11.5 Å². The number of carbonyl (C=O) groups is 2. The second-order valence-corrected chi connectivity index (χ2v) is 6.65. The summed E-state index contributed by atoms with van der Waals surface area (Å²) >= 11 is 1.27. The van der Waals surface area contributed by atoms with E-state index in [9.17, 15) is 14.4 Å². The molecule has 3 N–H and O–H groups in total. The Morgan fingerprint density at radius 1 is 1.18 bits per heavy atom. The topological polar surface area (TPSA) is 113 Å². The van der Waals surface area contributed by atoms with E-state index in [1.807, 2.05) is 12.1 Å². The van der Waals surface area contributed by atoms with Gasteiger partial charge in [-0.1, -0.05) is 12.1 Å². The van der Waals surface area contributed by atoms with Crippen molar-refractivity contribution in [3.8, 4) is 5.75 Å². The fourth-order valence-corrected chi connectivity index (χ4v) is 3.14. The molecular weight excluding hydrogens is 380 g/mol. The molecule has 0 aliphatic carbocycles. The first-order chi connectivity index (χ1) is 13.5. The third-order valence-corrected chi connectivity index (χ3v) is 4.61. The van der Waals surface area contributed by atoms with Crippen LogP contribution in [0.1, 0.15) is 22.5 Å². The number of anilines is 2. The van der Waals surface area contributed by atoms with Gasteiger partial charge >= 0.3 is 0 Å². The normalized spacial score (nSPS) is 10.3. The van der Waals surface area contributed by atoms with Gasteiger partial charge in [-0.25, -0.2) is 4.98 Å². The number of amides is 2. The molecule has 0 saturated carbocycles. The molecule has 2 amide bonds. The Hall–Kier alpha value is -3.46. The molecular formula is C19H18N4O4S. The highest BCUT2D eigenvalue weighted by Gasteiger charge is 2.11. The first-order valence-electron chi connectivity index (χ1n) is 8.42. The Bertz CT molecular complexity index is 1020. The van der Waals surface area contributed by atoms with Crippen molar-refractivity contribution < 1.29 is 14.3 Å². The Morgan fingerprint density at radius 2 is 2.00 bits per heavy atom. The molecule has 0 fully saturated rings. The average Bonchev–Trinajstić information content (AvgIpc) is 3.14. The predicted molar refractivity (Wildman–Crippen MR) is 107 cm³/mol. The monoisotopic (exact) mass is 398 g/mol. The van der Waals surface area contributed by atoms with Crippen molar-refractivity contribution >= 4 is 34.0 Å². The first-order valence-corrected chi connectivity index (χ1v) is 9.30. The van der Waals surface area contributed by atoms with Crippen LogP contribution in [0.5, 0.6) is 5.75 Å². The third-order valence-electron chi connectivity index (χ3n) is 3.81. The molecule has 3 rings (SSSR count). The summed E-state index contributed by atoms with van der Waals surface area (Å²) in [6, 6.07) is 9.90. The van der Waals surface area contributed by atoms with Gasteiger partial charge in [-0.05, 0) is 24.6 Å². The van der Waals surface area contributed by atoms with E-state index in [0.717, 1.165) is 0 Å². The summed E-state index contributed by atoms with van der Waals surface area (Å²) in [5.41, 5.74) is 1.37. The van der Waals surface area contributed by atoms with Crippen LogP contribution in [0.25, 0.3) is 0 Å². The molecule has 28 heavy (non-hydrogen) atoms. The van der Waals surface area contributed by atoms with Crippen LogP contribution in [0, 0.1) is 0 Å². The van der Waals surface area contributed by atoms with E-state index < -0.39 is 0 Å². The van der Waals surface area contributed by atoms with Crippen molar-refractivity contribution in [3.05, 3.63) is 69.6 Å². The van der Waals surface area contributed by atoms with Gasteiger partial charge in [0.15, 0.2) is 5.13 Å². The van der Waals surface area contributed by atoms with Gasteiger partial charge in [0.05, 0.1) is 24.1 Å². The van der Waals surface area contributed by atoms with Crippen LogP contribution in [-0.4, -0.2) is 28.9 Å². The number of aromatic amines is 1. The van der Waals surface area contributed by atoms with Crippen molar-refractivity contribution in [2.75, 3.05) is 17.7 Å². The standard InChI is InChI=1S/C19H18N4O4S/c1-27-15-5-3-2-4-14(15)22-17(25)9-7-13-11-28-19(21-13)23-18(26)12-6-8-16(24)20-10-12/h2-6,8,10-11H,7,9H2,1H3,(H,20,24)(H,22,25)(H,21,23,26). The predicted octanol–water partition coefficient (Wildman–Crippen LogP) is 2.66. The summed E-state index contributed by atoms with van der Waals surface area (Å²) in [5, 5.41) is 7.70. The highest BCUT2D eigenvalue weighted by atomic mass is 32.1. The number of nitrogens with one attached hydrogen (secondary N) is 3. The lowest BCUT2D eigenvalue weighted by Gasteiger charge is -2.09. The van der Waals surface area contributed by atoms with Crippen LogP contribution >= 0.6 is 11.3 Å². The fourth-order valence-electron chi connectivity index (χ4n) is 2.40. The molecule has 0 unspecified atom stereocenters. The molecule has 1 aromatic carbocycles. The highest BCUT2D eigenvalue weighted by molar-refractivity contribution is 7.14. The summed E-state index contributed by atoms with van der Waals surface area (Å²) in [4.78, 5) is 42.1.